The second-order valence-corrected chi connectivity index (χ2v) is 5.50. The van der Waals surface area contributed by atoms with Crippen LogP contribution in [0.2, 0.25) is 0 Å². The summed E-state index contributed by atoms with van der Waals surface area (Å²) in [6, 6.07) is 6.91. The molecule has 3 N–H and O–H groups in total. The van der Waals surface area contributed by atoms with Gasteiger partial charge in [0.05, 0.1) is 12.6 Å². The molecule has 21 heavy (non-hydrogen) atoms. The van der Waals surface area contributed by atoms with Crippen molar-refractivity contribution < 1.29 is 9.50 Å². The van der Waals surface area contributed by atoms with Gasteiger partial charge in [0.25, 0.3) is 0 Å². The number of aliphatic hydroxyl groups excluding tert-OH is 1. The fourth-order valence-electron chi connectivity index (χ4n) is 2.99. The van der Waals surface area contributed by atoms with E-state index in [0.29, 0.717) is 12.6 Å². The topological polar surface area (TPSA) is 49.5 Å². The van der Waals surface area contributed by atoms with Gasteiger partial charge in [-0.05, 0) is 37.0 Å². The Bertz CT molecular complexity index is 392. The minimum absolute atomic E-state index is 0.00708. The predicted octanol–water partition coefficient (Wildman–Crippen LogP) is 3.09. The summed E-state index contributed by atoms with van der Waals surface area (Å²) in [6.07, 6.45) is 2.85. The van der Waals surface area contributed by atoms with E-state index in [9.17, 15) is 9.50 Å². The molecule has 0 bridgehead atoms. The predicted molar refractivity (Wildman–Crippen MR) is 85.6 cm³/mol. The first kappa shape index (κ1) is 18.1. The maximum absolute atomic E-state index is 13.2. The van der Waals surface area contributed by atoms with E-state index in [2.05, 4.69) is 25.7 Å². The summed E-state index contributed by atoms with van der Waals surface area (Å²) in [5.41, 5.74) is 7.37. The van der Waals surface area contributed by atoms with Gasteiger partial charge in [-0.25, -0.2) is 4.39 Å². The molecule has 0 saturated heterocycles. The van der Waals surface area contributed by atoms with Gasteiger partial charge in [0.1, 0.15) is 5.82 Å². The van der Waals surface area contributed by atoms with E-state index < -0.39 is 0 Å². The summed E-state index contributed by atoms with van der Waals surface area (Å²) < 4.78 is 13.2. The minimum atomic E-state index is -0.237. The second-order valence-electron chi connectivity index (χ2n) is 5.50. The molecule has 0 heterocycles. The average molecular weight is 296 g/mol. The Kier molecular flexibility index (Phi) is 7.86. The van der Waals surface area contributed by atoms with E-state index >= 15 is 0 Å². The van der Waals surface area contributed by atoms with E-state index in [0.717, 1.165) is 24.8 Å². The van der Waals surface area contributed by atoms with Gasteiger partial charge in [0, 0.05) is 18.6 Å². The third-order valence-corrected chi connectivity index (χ3v) is 4.22. The van der Waals surface area contributed by atoms with E-state index in [1.165, 1.54) is 12.1 Å². The molecule has 1 aromatic carbocycles. The molecule has 0 aliphatic heterocycles. The van der Waals surface area contributed by atoms with Crippen LogP contribution in [0.4, 0.5) is 4.39 Å². The van der Waals surface area contributed by atoms with E-state index in [1.807, 2.05) is 12.1 Å². The van der Waals surface area contributed by atoms with Gasteiger partial charge in [0.2, 0.25) is 0 Å². The van der Waals surface area contributed by atoms with Crippen LogP contribution in [0, 0.1) is 5.82 Å². The number of benzene rings is 1. The first-order valence-corrected chi connectivity index (χ1v) is 7.96. The smallest absolute Gasteiger partial charge is 0.123 e. The third kappa shape index (κ3) is 4.77. The molecular weight excluding hydrogens is 267 g/mol. The van der Waals surface area contributed by atoms with Crippen molar-refractivity contribution in [2.75, 3.05) is 13.2 Å². The van der Waals surface area contributed by atoms with Crippen LogP contribution in [0.3, 0.4) is 0 Å². The van der Waals surface area contributed by atoms with Crippen LogP contribution in [-0.4, -0.2) is 35.2 Å². The lowest BCUT2D eigenvalue weighted by Gasteiger charge is -2.40. The summed E-state index contributed by atoms with van der Waals surface area (Å²) in [5, 5.41) is 9.43. The SMILES string of the molecule is CCC(N)C(c1ccc(F)cc1)N(CCO)C(CC)CC. The van der Waals surface area contributed by atoms with Crippen LogP contribution in [0.1, 0.15) is 51.6 Å². The van der Waals surface area contributed by atoms with Crippen molar-refractivity contribution in [2.45, 2.75) is 58.2 Å². The first-order valence-electron chi connectivity index (χ1n) is 7.96. The highest BCUT2D eigenvalue weighted by Gasteiger charge is 2.29. The minimum Gasteiger partial charge on any atom is -0.395 e. The Balaban J connectivity index is 3.15. The molecule has 0 aliphatic carbocycles. The molecule has 0 saturated carbocycles. The average Bonchev–Trinajstić information content (AvgIpc) is 2.50. The van der Waals surface area contributed by atoms with Crippen molar-refractivity contribution in [1.29, 1.82) is 0 Å². The Morgan fingerprint density at radius 2 is 1.67 bits per heavy atom. The number of halogens is 1. The number of hydrogen-bond acceptors (Lipinski definition) is 3. The van der Waals surface area contributed by atoms with Gasteiger partial charge < -0.3 is 10.8 Å². The molecule has 0 spiro atoms. The quantitative estimate of drug-likeness (QED) is 0.736. The highest BCUT2D eigenvalue weighted by molar-refractivity contribution is 5.22. The molecule has 0 aliphatic rings. The molecule has 4 heteroatoms. The van der Waals surface area contributed by atoms with Crippen molar-refractivity contribution in [3.63, 3.8) is 0 Å². The maximum Gasteiger partial charge on any atom is 0.123 e. The summed E-state index contributed by atoms with van der Waals surface area (Å²) in [4.78, 5) is 2.28. The molecule has 0 fully saturated rings. The van der Waals surface area contributed by atoms with Crippen molar-refractivity contribution in [3.05, 3.63) is 35.6 Å². The third-order valence-electron chi connectivity index (χ3n) is 4.22. The van der Waals surface area contributed by atoms with Crippen LogP contribution in [0.5, 0.6) is 0 Å². The normalized spacial score (nSPS) is 14.7. The zero-order valence-electron chi connectivity index (χ0n) is 13.4. The molecule has 0 radical (unpaired) electrons. The lowest BCUT2D eigenvalue weighted by Crippen LogP contribution is -2.47. The Morgan fingerprint density at radius 3 is 2.10 bits per heavy atom. The van der Waals surface area contributed by atoms with Crippen LogP contribution in [0.25, 0.3) is 0 Å². The number of nitrogens with zero attached hydrogens (tertiary/aromatic N) is 1. The van der Waals surface area contributed by atoms with Crippen LogP contribution >= 0.6 is 0 Å². The van der Waals surface area contributed by atoms with Gasteiger partial charge in [-0.1, -0.05) is 32.9 Å². The molecule has 120 valence electrons. The van der Waals surface area contributed by atoms with Crippen molar-refractivity contribution in [3.8, 4) is 0 Å². The summed E-state index contributed by atoms with van der Waals surface area (Å²) in [6.45, 7) is 7.05. The Hall–Kier alpha value is -0.970. The number of hydrogen-bond donors (Lipinski definition) is 2. The van der Waals surface area contributed by atoms with Crippen molar-refractivity contribution in [1.82, 2.24) is 4.90 Å². The molecule has 3 nitrogen and oxygen atoms in total. The van der Waals surface area contributed by atoms with Gasteiger partial charge in [-0.15, -0.1) is 0 Å². The van der Waals surface area contributed by atoms with E-state index in [4.69, 9.17) is 5.73 Å². The standard InChI is InChI=1S/C17H29FN2O/c1-4-15(5-2)20(11-12-21)17(16(19)6-3)13-7-9-14(18)10-8-13/h7-10,15-17,21H,4-6,11-12,19H2,1-3H3. The number of rotatable bonds is 9. The molecule has 1 aromatic rings. The monoisotopic (exact) mass is 296 g/mol. The number of aliphatic hydroxyl groups is 1. The highest BCUT2D eigenvalue weighted by Crippen LogP contribution is 2.29. The second kappa shape index (κ2) is 9.13. The van der Waals surface area contributed by atoms with E-state index in [-0.39, 0.29) is 24.5 Å². The number of nitrogens with two attached hydrogens (primary N) is 1. The zero-order chi connectivity index (χ0) is 15.8. The Morgan fingerprint density at radius 1 is 1.10 bits per heavy atom. The van der Waals surface area contributed by atoms with Crippen molar-refractivity contribution >= 4 is 0 Å². The van der Waals surface area contributed by atoms with Gasteiger partial charge in [-0.2, -0.15) is 0 Å². The first-order chi connectivity index (χ1) is 10.1. The van der Waals surface area contributed by atoms with Gasteiger partial charge in [0.15, 0.2) is 0 Å². The fourth-order valence-corrected chi connectivity index (χ4v) is 2.99. The summed E-state index contributed by atoms with van der Waals surface area (Å²) >= 11 is 0. The molecule has 0 amide bonds. The van der Waals surface area contributed by atoms with E-state index in [1.54, 1.807) is 0 Å². The van der Waals surface area contributed by atoms with Gasteiger partial charge >= 0.3 is 0 Å². The van der Waals surface area contributed by atoms with Crippen LogP contribution < -0.4 is 5.73 Å². The lowest BCUT2D eigenvalue weighted by molar-refractivity contribution is 0.0813. The highest BCUT2D eigenvalue weighted by atomic mass is 19.1. The molecular formula is C17H29FN2O. The maximum atomic E-state index is 13.2. The molecule has 1 rings (SSSR count). The zero-order valence-corrected chi connectivity index (χ0v) is 13.4. The molecule has 0 aromatic heterocycles. The van der Waals surface area contributed by atoms with Crippen molar-refractivity contribution in [2.24, 2.45) is 5.73 Å². The summed E-state index contributed by atoms with van der Waals surface area (Å²) in [5.74, 6) is -0.237. The summed E-state index contributed by atoms with van der Waals surface area (Å²) in [7, 11) is 0. The Labute approximate surface area is 128 Å². The van der Waals surface area contributed by atoms with Crippen LogP contribution in [-0.2, 0) is 0 Å². The lowest BCUT2D eigenvalue weighted by atomic mass is 9.93. The largest absolute Gasteiger partial charge is 0.395 e. The van der Waals surface area contributed by atoms with Gasteiger partial charge in [-0.3, -0.25) is 4.90 Å². The molecule has 2 atom stereocenters. The fraction of sp³-hybridized carbons (Fsp3) is 0.647. The molecule has 2 unspecified atom stereocenters. The van der Waals surface area contributed by atoms with Crippen LogP contribution in [0.15, 0.2) is 24.3 Å².